The van der Waals surface area contributed by atoms with Crippen LogP contribution in [0.5, 0.6) is 0 Å². The Balaban J connectivity index is 0.00000216. The van der Waals surface area contributed by atoms with Gasteiger partial charge < -0.3 is 14.6 Å². The standard InChI is InChI=1S/C28H31N3O2.2ClH/c1-4-5-13-26-29-25-12-8-9-22(19-30(2)3)27(25)31(26)18-20-14-16-21(17-15-20)23-10-6-7-11-24(23)28(32)33;;/h6-12,14-17H,4-5,13,18-19H2,1-3H3,(H,32,33);2*1H. The molecule has 0 bridgehead atoms. The highest BCUT2D eigenvalue weighted by atomic mass is 35.5. The summed E-state index contributed by atoms with van der Waals surface area (Å²) in [5.74, 6) is 0.215. The van der Waals surface area contributed by atoms with Crippen LogP contribution in [0.1, 0.15) is 47.1 Å². The molecule has 0 aliphatic carbocycles. The number of aromatic carboxylic acids is 1. The van der Waals surface area contributed by atoms with Crippen molar-refractivity contribution in [2.24, 2.45) is 0 Å². The lowest BCUT2D eigenvalue weighted by molar-refractivity contribution is 0.0697. The average Bonchev–Trinajstić information content (AvgIpc) is 3.16. The van der Waals surface area contributed by atoms with Crippen LogP contribution in [0.25, 0.3) is 22.2 Å². The number of nitrogens with zero attached hydrogens (tertiary/aromatic N) is 3. The van der Waals surface area contributed by atoms with Gasteiger partial charge in [-0.15, -0.1) is 24.8 Å². The zero-order valence-corrected chi connectivity index (χ0v) is 22.0. The molecule has 1 N–H and O–H groups in total. The lowest BCUT2D eigenvalue weighted by Gasteiger charge is -2.15. The molecule has 186 valence electrons. The largest absolute Gasteiger partial charge is 0.478 e. The number of benzene rings is 3. The molecule has 0 aliphatic heterocycles. The monoisotopic (exact) mass is 513 g/mol. The zero-order valence-electron chi connectivity index (χ0n) is 20.4. The minimum atomic E-state index is -0.909. The van der Waals surface area contributed by atoms with Crippen molar-refractivity contribution in [2.75, 3.05) is 14.1 Å². The number of carboxylic acid groups (broad SMARTS) is 1. The number of carboxylic acids is 1. The molecule has 3 aromatic carbocycles. The SMILES string of the molecule is CCCCc1nc2cccc(CN(C)C)c2n1Cc1ccc(-c2ccccc2C(=O)O)cc1.Cl.Cl. The first-order valence-electron chi connectivity index (χ1n) is 11.5. The van der Waals surface area contributed by atoms with Crippen molar-refractivity contribution in [1.29, 1.82) is 0 Å². The second-order valence-corrected chi connectivity index (χ2v) is 8.79. The van der Waals surface area contributed by atoms with E-state index in [4.69, 9.17) is 4.98 Å². The van der Waals surface area contributed by atoms with Crippen LogP contribution in [0.3, 0.4) is 0 Å². The normalized spacial score (nSPS) is 10.7. The Morgan fingerprint density at radius 3 is 2.34 bits per heavy atom. The van der Waals surface area contributed by atoms with Gasteiger partial charge in [0.05, 0.1) is 16.6 Å². The summed E-state index contributed by atoms with van der Waals surface area (Å²) in [5.41, 5.74) is 6.67. The van der Waals surface area contributed by atoms with Crippen LogP contribution in [0.2, 0.25) is 0 Å². The molecule has 0 fully saturated rings. The van der Waals surface area contributed by atoms with E-state index < -0.39 is 5.97 Å². The van der Waals surface area contributed by atoms with Crippen LogP contribution < -0.4 is 0 Å². The number of rotatable bonds is 9. The maximum atomic E-state index is 11.6. The number of carbonyl (C=O) groups is 1. The van der Waals surface area contributed by atoms with Crippen molar-refractivity contribution in [1.82, 2.24) is 14.5 Å². The van der Waals surface area contributed by atoms with Crippen LogP contribution in [-0.4, -0.2) is 39.6 Å². The minimum absolute atomic E-state index is 0. The molecular weight excluding hydrogens is 481 g/mol. The molecule has 0 spiro atoms. The molecular formula is C28H33Cl2N3O2. The van der Waals surface area contributed by atoms with Gasteiger partial charge in [-0.25, -0.2) is 9.78 Å². The van der Waals surface area contributed by atoms with Crippen molar-refractivity contribution >= 4 is 41.8 Å². The number of imidazole rings is 1. The highest BCUT2D eigenvalue weighted by Crippen LogP contribution is 2.27. The summed E-state index contributed by atoms with van der Waals surface area (Å²) >= 11 is 0. The summed E-state index contributed by atoms with van der Waals surface area (Å²) in [6, 6.07) is 21.8. The Kier molecular flexibility index (Phi) is 10.3. The second kappa shape index (κ2) is 12.7. The van der Waals surface area contributed by atoms with E-state index in [0.29, 0.717) is 5.56 Å². The maximum absolute atomic E-state index is 11.6. The summed E-state index contributed by atoms with van der Waals surface area (Å²) in [6.45, 7) is 3.81. The van der Waals surface area contributed by atoms with Gasteiger partial charge in [0, 0.05) is 19.5 Å². The fourth-order valence-corrected chi connectivity index (χ4v) is 4.37. The van der Waals surface area contributed by atoms with Gasteiger partial charge in [-0.3, -0.25) is 0 Å². The number of halogens is 2. The van der Waals surface area contributed by atoms with Crippen LogP contribution in [-0.2, 0) is 19.5 Å². The third-order valence-electron chi connectivity index (χ3n) is 5.93. The predicted molar refractivity (Wildman–Crippen MR) is 148 cm³/mol. The Morgan fingerprint density at radius 1 is 0.971 bits per heavy atom. The fraction of sp³-hybridized carbons (Fsp3) is 0.286. The van der Waals surface area contributed by atoms with Gasteiger partial charge in [0.1, 0.15) is 5.82 Å². The Labute approximate surface area is 219 Å². The number of fused-ring (bicyclic) bond motifs is 1. The van der Waals surface area contributed by atoms with Gasteiger partial charge >= 0.3 is 5.97 Å². The lowest BCUT2D eigenvalue weighted by Crippen LogP contribution is -2.13. The smallest absolute Gasteiger partial charge is 0.336 e. The van der Waals surface area contributed by atoms with Crippen molar-refractivity contribution in [3.63, 3.8) is 0 Å². The van der Waals surface area contributed by atoms with Crippen LogP contribution in [0.4, 0.5) is 0 Å². The van der Waals surface area contributed by atoms with Gasteiger partial charge in [-0.05, 0) is 54.9 Å². The van der Waals surface area contributed by atoms with Gasteiger partial charge in [-0.2, -0.15) is 0 Å². The Hall–Kier alpha value is -2.86. The molecule has 4 rings (SSSR count). The Morgan fingerprint density at radius 2 is 1.69 bits per heavy atom. The molecule has 0 unspecified atom stereocenters. The van der Waals surface area contributed by atoms with Crippen LogP contribution in [0, 0.1) is 0 Å². The van der Waals surface area contributed by atoms with Gasteiger partial charge in [0.15, 0.2) is 0 Å². The molecule has 0 saturated carbocycles. The summed E-state index contributed by atoms with van der Waals surface area (Å²) in [4.78, 5) is 18.8. The van der Waals surface area contributed by atoms with E-state index in [1.165, 1.54) is 16.6 Å². The molecule has 7 heteroatoms. The summed E-state index contributed by atoms with van der Waals surface area (Å²) in [6.07, 6.45) is 3.19. The molecule has 5 nitrogen and oxygen atoms in total. The van der Waals surface area contributed by atoms with Crippen LogP contribution >= 0.6 is 24.8 Å². The molecule has 0 amide bonds. The summed E-state index contributed by atoms with van der Waals surface area (Å²) in [5, 5.41) is 9.53. The van der Waals surface area contributed by atoms with Crippen molar-refractivity contribution in [3.8, 4) is 11.1 Å². The first kappa shape index (κ1) is 28.4. The average molecular weight is 514 g/mol. The van der Waals surface area contributed by atoms with E-state index in [1.54, 1.807) is 12.1 Å². The van der Waals surface area contributed by atoms with Gasteiger partial charge in [0.2, 0.25) is 0 Å². The zero-order chi connectivity index (χ0) is 23.4. The lowest BCUT2D eigenvalue weighted by atomic mass is 9.98. The molecule has 1 heterocycles. The van der Waals surface area contributed by atoms with E-state index in [1.807, 2.05) is 24.3 Å². The molecule has 0 saturated heterocycles. The third-order valence-corrected chi connectivity index (χ3v) is 5.93. The van der Waals surface area contributed by atoms with Gasteiger partial charge in [-0.1, -0.05) is 67.9 Å². The number of hydrogen-bond acceptors (Lipinski definition) is 3. The highest BCUT2D eigenvalue weighted by Gasteiger charge is 2.15. The van der Waals surface area contributed by atoms with Crippen LogP contribution in [0.15, 0.2) is 66.7 Å². The van der Waals surface area contributed by atoms with Gasteiger partial charge in [0.25, 0.3) is 0 Å². The van der Waals surface area contributed by atoms with E-state index >= 15 is 0 Å². The topological polar surface area (TPSA) is 58.4 Å². The summed E-state index contributed by atoms with van der Waals surface area (Å²) in [7, 11) is 4.18. The molecule has 0 radical (unpaired) electrons. The van der Waals surface area contributed by atoms with E-state index in [2.05, 4.69) is 60.8 Å². The number of unbranched alkanes of at least 4 members (excludes halogenated alkanes) is 1. The van der Waals surface area contributed by atoms with E-state index in [-0.39, 0.29) is 24.8 Å². The maximum Gasteiger partial charge on any atom is 0.336 e. The first-order valence-corrected chi connectivity index (χ1v) is 11.5. The van der Waals surface area contributed by atoms with Crippen molar-refractivity contribution in [3.05, 3.63) is 89.2 Å². The number of para-hydroxylation sites is 1. The highest BCUT2D eigenvalue weighted by molar-refractivity contribution is 5.96. The Bertz CT molecular complexity index is 1270. The minimum Gasteiger partial charge on any atom is -0.478 e. The van der Waals surface area contributed by atoms with Crippen molar-refractivity contribution < 1.29 is 9.90 Å². The number of aromatic nitrogens is 2. The quantitative estimate of drug-likeness (QED) is 0.270. The summed E-state index contributed by atoms with van der Waals surface area (Å²) < 4.78 is 2.37. The van der Waals surface area contributed by atoms with Crippen molar-refractivity contribution in [2.45, 2.75) is 39.3 Å². The third kappa shape index (κ3) is 6.43. The molecule has 0 atom stereocenters. The fourth-order valence-electron chi connectivity index (χ4n) is 4.37. The number of aryl methyl sites for hydroxylation is 1. The predicted octanol–water partition coefficient (Wildman–Crippen LogP) is 6.70. The first-order chi connectivity index (χ1) is 16.0. The molecule has 35 heavy (non-hydrogen) atoms. The van der Waals surface area contributed by atoms with E-state index in [9.17, 15) is 9.90 Å². The molecule has 1 aromatic heterocycles. The second-order valence-electron chi connectivity index (χ2n) is 8.79. The number of hydrogen-bond donors (Lipinski definition) is 1. The molecule has 4 aromatic rings. The van der Waals surface area contributed by atoms with E-state index in [0.717, 1.165) is 54.8 Å². The molecule has 0 aliphatic rings.